The molecule has 5 nitrogen and oxygen atoms in total. The Hall–Kier alpha value is -1.46. The van der Waals surface area contributed by atoms with Crippen LogP contribution in [0.15, 0.2) is 24.3 Å². The number of unbranched alkanes of at least 4 members (excludes halogenated alkanes) is 4. The Bertz CT molecular complexity index is 478. The first-order valence-corrected chi connectivity index (χ1v) is 9.41. The van der Waals surface area contributed by atoms with Gasteiger partial charge in [-0.3, -0.25) is 4.79 Å². The van der Waals surface area contributed by atoms with Crippen molar-refractivity contribution in [3.05, 3.63) is 24.3 Å². The maximum atomic E-state index is 12.0. The average Bonchev–Trinajstić information content (AvgIpc) is 2.90. The van der Waals surface area contributed by atoms with Crippen molar-refractivity contribution in [3.8, 4) is 0 Å². The molecule has 0 aromatic heterocycles. The molecule has 5 heteroatoms. The summed E-state index contributed by atoms with van der Waals surface area (Å²) in [5.74, 6) is -3.71. The molecule has 25 heavy (non-hydrogen) atoms. The molecule has 142 valence electrons. The van der Waals surface area contributed by atoms with Gasteiger partial charge < -0.3 is 15.3 Å². The van der Waals surface area contributed by atoms with Crippen molar-refractivity contribution in [1.82, 2.24) is 0 Å². The summed E-state index contributed by atoms with van der Waals surface area (Å²) in [5.41, 5.74) is 0. The van der Waals surface area contributed by atoms with Gasteiger partial charge >= 0.3 is 5.97 Å². The van der Waals surface area contributed by atoms with E-state index in [-0.39, 0.29) is 18.8 Å². The fourth-order valence-corrected chi connectivity index (χ4v) is 3.18. The Morgan fingerprint density at radius 3 is 2.60 bits per heavy atom. The fourth-order valence-electron chi connectivity index (χ4n) is 3.18. The lowest BCUT2D eigenvalue weighted by molar-refractivity contribution is -0.205. The Morgan fingerprint density at radius 2 is 1.92 bits per heavy atom. The predicted molar refractivity (Wildman–Crippen MR) is 96.9 cm³/mol. The van der Waals surface area contributed by atoms with E-state index in [0.717, 1.165) is 19.3 Å². The summed E-state index contributed by atoms with van der Waals surface area (Å²) in [7, 11) is 0. The number of aliphatic hydroxyl groups is 2. The van der Waals surface area contributed by atoms with Crippen LogP contribution >= 0.6 is 0 Å². The molecular formula is C20H32O5. The van der Waals surface area contributed by atoms with Crippen molar-refractivity contribution in [2.24, 2.45) is 11.8 Å². The van der Waals surface area contributed by atoms with Crippen LogP contribution in [0.2, 0.25) is 0 Å². The van der Waals surface area contributed by atoms with Crippen LogP contribution in [0.4, 0.5) is 0 Å². The molecular weight excluding hydrogens is 320 g/mol. The minimum Gasteiger partial charge on any atom is -0.477 e. The highest BCUT2D eigenvalue weighted by Crippen LogP contribution is 2.33. The zero-order valence-electron chi connectivity index (χ0n) is 15.2. The highest BCUT2D eigenvalue weighted by atomic mass is 16.5. The molecule has 0 bridgehead atoms. The molecule has 1 aliphatic carbocycles. The number of carbonyl (C=O) groups excluding carboxylic acids is 1. The smallest absolute Gasteiger partial charge is 0.364 e. The summed E-state index contributed by atoms with van der Waals surface area (Å²) in [5, 5.41) is 27.1. The van der Waals surface area contributed by atoms with E-state index >= 15 is 0 Å². The normalized spacial score (nSPS) is 21.6. The number of hydrogen-bond acceptors (Lipinski definition) is 4. The monoisotopic (exact) mass is 352 g/mol. The van der Waals surface area contributed by atoms with E-state index in [1.54, 1.807) is 6.08 Å². The van der Waals surface area contributed by atoms with E-state index in [0.29, 0.717) is 18.1 Å². The molecule has 0 saturated heterocycles. The molecule has 1 fully saturated rings. The van der Waals surface area contributed by atoms with Crippen LogP contribution in [0.5, 0.6) is 0 Å². The Morgan fingerprint density at radius 1 is 1.16 bits per heavy atom. The second-order valence-corrected chi connectivity index (χ2v) is 6.94. The van der Waals surface area contributed by atoms with E-state index < -0.39 is 11.8 Å². The maximum absolute atomic E-state index is 12.0. The van der Waals surface area contributed by atoms with Crippen molar-refractivity contribution in [3.63, 3.8) is 0 Å². The third kappa shape index (κ3) is 7.97. The van der Waals surface area contributed by atoms with E-state index in [4.69, 9.17) is 5.11 Å². The number of Topliss-reactive ketones (excluding diaryl/α,β-unsaturated/α-hetero) is 1. The van der Waals surface area contributed by atoms with Crippen LogP contribution in [0, 0.1) is 11.8 Å². The van der Waals surface area contributed by atoms with Crippen LogP contribution in [-0.4, -0.2) is 32.9 Å². The molecule has 0 heterocycles. The average molecular weight is 352 g/mol. The second kappa shape index (κ2) is 11.2. The summed E-state index contributed by atoms with van der Waals surface area (Å²) >= 11 is 0. The molecule has 0 aliphatic heterocycles. The number of carboxylic acid groups (broad SMARTS) is 1. The molecule has 0 amide bonds. The Labute approximate surface area is 150 Å². The lowest BCUT2D eigenvalue weighted by Gasteiger charge is -2.15. The lowest BCUT2D eigenvalue weighted by Crippen LogP contribution is -2.37. The first-order valence-electron chi connectivity index (χ1n) is 9.41. The number of carbonyl (C=O) groups is 2. The largest absolute Gasteiger partial charge is 0.477 e. The molecule has 0 spiro atoms. The number of ketones is 1. The summed E-state index contributed by atoms with van der Waals surface area (Å²) in [4.78, 5) is 22.6. The molecule has 1 aliphatic rings. The Kier molecular flexibility index (Phi) is 9.68. The molecule has 0 aromatic rings. The van der Waals surface area contributed by atoms with Crippen molar-refractivity contribution in [2.45, 2.75) is 76.9 Å². The fraction of sp³-hybridized carbons (Fsp3) is 0.700. The van der Waals surface area contributed by atoms with Crippen molar-refractivity contribution < 1.29 is 24.9 Å². The number of allylic oxidation sites excluding steroid dienone is 4. The molecule has 2 atom stereocenters. The number of rotatable bonds is 12. The summed E-state index contributed by atoms with van der Waals surface area (Å²) in [6.07, 6.45) is 16.1. The van der Waals surface area contributed by atoms with Gasteiger partial charge in [0.05, 0.1) is 0 Å². The number of carboxylic acids is 1. The molecule has 1 saturated carbocycles. The van der Waals surface area contributed by atoms with Crippen molar-refractivity contribution in [2.75, 3.05) is 0 Å². The minimum absolute atomic E-state index is 0.00961. The highest BCUT2D eigenvalue weighted by Gasteiger charge is 2.32. The lowest BCUT2D eigenvalue weighted by atomic mass is 9.91. The highest BCUT2D eigenvalue weighted by molar-refractivity contribution is 5.85. The third-order valence-corrected chi connectivity index (χ3v) is 4.82. The van der Waals surface area contributed by atoms with Crippen LogP contribution in [0.1, 0.15) is 71.1 Å². The van der Waals surface area contributed by atoms with Gasteiger partial charge in [0, 0.05) is 18.8 Å². The van der Waals surface area contributed by atoms with Gasteiger partial charge in [0.25, 0.3) is 5.79 Å². The van der Waals surface area contributed by atoms with Gasteiger partial charge in [-0.1, -0.05) is 50.5 Å². The van der Waals surface area contributed by atoms with E-state index in [2.05, 4.69) is 19.1 Å². The molecule has 1 rings (SSSR count). The van der Waals surface area contributed by atoms with Gasteiger partial charge in [0.1, 0.15) is 5.78 Å². The zero-order valence-corrected chi connectivity index (χ0v) is 15.2. The summed E-state index contributed by atoms with van der Waals surface area (Å²) in [6, 6.07) is 0. The summed E-state index contributed by atoms with van der Waals surface area (Å²) in [6.45, 7) is 2.19. The van der Waals surface area contributed by atoms with Gasteiger partial charge in [-0.05, 0) is 38.0 Å². The van der Waals surface area contributed by atoms with E-state index in [1.165, 1.54) is 25.7 Å². The van der Waals surface area contributed by atoms with Crippen LogP contribution < -0.4 is 0 Å². The first-order chi connectivity index (χ1) is 11.9. The zero-order chi connectivity index (χ0) is 18.7. The molecule has 3 N–H and O–H groups in total. The van der Waals surface area contributed by atoms with E-state index in [1.807, 2.05) is 6.08 Å². The Balaban J connectivity index is 2.36. The predicted octanol–water partition coefficient (Wildman–Crippen LogP) is 3.60. The van der Waals surface area contributed by atoms with Gasteiger partial charge in [0.15, 0.2) is 0 Å². The van der Waals surface area contributed by atoms with Crippen molar-refractivity contribution in [1.29, 1.82) is 0 Å². The molecule has 0 unspecified atom stereocenters. The van der Waals surface area contributed by atoms with Gasteiger partial charge in [-0.15, -0.1) is 0 Å². The molecule has 0 aromatic carbocycles. The number of aliphatic carboxylic acids is 1. The van der Waals surface area contributed by atoms with Crippen molar-refractivity contribution >= 4 is 11.8 Å². The van der Waals surface area contributed by atoms with Crippen LogP contribution in [0.25, 0.3) is 0 Å². The summed E-state index contributed by atoms with van der Waals surface area (Å²) < 4.78 is 0. The minimum atomic E-state index is -2.67. The number of hydrogen-bond donors (Lipinski definition) is 3. The van der Waals surface area contributed by atoms with E-state index in [9.17, 15) is 19.8 Å². The quantitative estimate of drug-likeness (QED) is 0.283. The van der Waals surface area contributed by atoms with Gasteiger partial charge in [-0.25, -0.2) is 4.79 Å². The standard InChI is InChI=1S/C20H32O5/c1-2-3-4-5-6-9-12-17-16(13-14-18(17)21)11-8-7-10-15-20(24,25)19(22)23/h7-9,12,16-17,24-25H,2-6,10-11,13-15H2,1H3,(H,22,23)/t16-,17+/m0/s1. The van der Waals surface area contributed by atoms with Gasteiger partial charge in [0.2, 0.25) is 0 Å². The third-order valence-electron chi connectivity index (χ3n) is 4.82. The maximum Gasteiger partial charge on any atom is 0.364 e. The van der Waals surface area contributed by atoms with Crippen LogP contribution in [-0.2, 0) is 9.59 Å². The molecule has 0 radical (unpaired) electrons. The SMILES string of the molecule is CCCCCCC=C[C@H]1C(=O)CC[C@@H]1CC=CCCC(O)(O)C(=O)O. The van der Waals surface area contributed by atoms with Crippen LogP contribution in [0.3, 0.4) is 0 Å². The first kappa shape index (κ1) is 21.6. The second-order valence-electron chi connectivity index (χ2n) is 6.94. The topological polar surface area (TPSA) is 94.8 Å². The van der Waals surface area contributed by atoms with Gasteiger partial charge in [-0.2, -0.15) is 0 Å².